The van der Waals surface area contributed by atoms with E-state index in [-0.39, 0.29) is 12.2 Å². The molecule has 0 N–H and O–H groups in total. The van der Waals surface area contributed by atoms with E-state index < -0.39 is 0 Å². The molecule has 0 aliphatic carbocycles. The van der Waals surface area contributed by atoms with Crippen LogP contribution in [0.3, 0.4) is 0 Å². The van der Waals surface area contributed by atoms with Gasteiger partial charge in [0.1, 0.15) is 0 Å². The highest BCUT2D eigenvalue weighted by Crippen LogP contribution is 2.07. The van der Waals surface area contributed by atoms with Crippen molar-refractivity contribution in [1.29, 1.82) is 0 Å². The third-order valence-electron chi connectivity index (χ3n) is 1.20. The van der Waals surface area contributed by atoms with Crippen LogP contribution in [0.2, 0.25) is 0 Å². The molecule has 1 aliphatic heterocycles. The van der Waals surface area contributed by atoms with Crippen LogP contribution in [0, 0.1) is 0 Å². The standard InChI is InChI=1S/C4H8BO2/c1-3-4(2)7-5-6-3/h3-4H,1-2H3/t3-,4?/m1/s1. The molecule has 1 unspecified atom stereocenters. The van der Waals surface area contributed by atoms with Crippen LogP contribution in [0.4, 0.5) is 0 Å². The second-order valence-electron chi connectivity index (χ2n) is 1.78. The van der Waals surface area contributed by atoms with Gasteiger partial charge < -0.3 is 9.31 Å². The zero-order valence-corrected chi connectivity index (χ0v) is 4.55. The van der Waals surface area contributed by atoms with Crippen LogP contribution >= 0.6 is 0 Å². The van der Waals surface area contributed by atoms with Crippen LogP contribution in [0.15, 0.2) is 0 Å². The molecular weight excluding hydrogens is 90.9 g/mol. The summed E-state index contributed by atoms with van der Waals surface area (Å²) >= 11 is 0. The first-order valence-corrected chi connectivity index (χ1v) is 2.43. The van der Waals surface area contributed by atoms with Crippen LogP contribution in [0.1, 0.15) is 13.8 Å². The second-order valence-corrected chi connectivity index (χ2v) is 1.78. The van der Waals surface area contributed by atoms with Gasteiger partial charge in [0.2, 0.25) is 0 Å². The summed E-state index contributed by atoms with van der Waals surface area (Å²) in [5.41, 5.74) is 0. The van der Waals surface area contributed by atoms with Gasteiger partial charge >= 0.3 is 7.69 Å². The SMILES string of the molecule is CC1O[B]O[C@@H]1C. The maximum absolute atomic E-state index is 4.92. The summed E-state index contributed by atoms with van der Waals surface area (Å²) in [6, 6.07) is 0. The van der Waals surface area contributed by atoms with E-state index in [1.165, 1.54) is 7.69 Å². The van der Waals surface area contributed by atoms with E-state index in [0.29, 0.717) is 0 Å². The predicted molar refractivity (Wildman–Crippen MR) is 26.8 cm³/mol. The summed E-state index contributed by atoms with van der Waals surface area (Å²) in [6.45, 7) is 3.96. The van der Waals surface area contributed by atoms with Crippen molar-refractivity contribution >= 4 is 7.69 Å². The zero-order valence-electron chi connectivity index (χ0n) is 4.55. The Balaban J connectivity index is 2.33. The van der Waals surface area contributed by atoms with Crippen molar-refractivity contribution in [3.8, 4) is 0 Å². The van der Waals surface area contributed by atoms with Crippen molar-refractivity contribution in [2.45, 2.75) is 26.1 Å². The summed E-state index contributed by atoms with van der Waals surface area (Å²) < 4.78 is 9.84. The van der Waals surface area contributed by atoms with E-state index in [1.807, 2.05) is 13.8 Å². The van der Waals surface area contributed by atoms with Crippen LogP contribution in [-0.4, -0.2) is 19.9 Å². The molecule has 0 aromatic heterocycles. The third-order valence-corrected chi connectivity index (χ3v) is 1.20. The molecule has 2 nitrogen and oxygen atoms in total. The fourth-order valence-electron chi connectivity index (χ4n) is 0.429. The van der Waals surface area contributed by atoms with Crippen molar-refractivity contribution in [3.63, 3.8) is 0 Å². The summed E-state index contributed by atoms with van der Waals surface area (Å²) in [6.07, 6.45) is 0.472. The lowest BCUT2D eigenvalue weighted by atomic mass is 10.3. The lowest BCUT2D eigenvalue weighted by Gasteiger charge is -2.04. The fraction of sp³-hybridized carbons (Fsp3) is 1.00. The molecule has 7 heavy (non-hydrogen) atoms. The van der Waals surface area contributed by atoms with E-state index in [2.05, 4.69) is 0 Å². The van der Waals surface area contributed by atoms with Gasteiger partial charge in [0, 0.05) is 0 Å². The number of hydrogen-bond acceptors (Lipinski definition) is 2. The molecule has 1 radical (unpaired) electrons. The lowest BCUT2D eigenvalue weighted by molar-refractivity contribution is 0.187. The Morgan fingerprint density at radius 3 is 1.71 bits per heavy atom. The second kappa shape index (κ2) is 1.84. The van der Waals surface area contributed by atoms with Gasteiger partial charge in [0.15, 0.2) is 0 Å². The smallest absolute Gasteiger partial charge is 0.408 e. The Kier molecular flexibility index (Phi) is 1.35. The highest BCUT2D eigenvalue weighted by atomic mass is 16.6. The molecule has 1 rings (SSSR count). The van der Waals surface area contributed by atoms with E-state index >= 15 is 0 Å². The minimum atomic E-state index is 0.236. The summed E-state index contributed by atoms with van der Waals surface area (Å²) in [4.78, 5) is 0. The normalized spacial score (nSPS) is 40.9. The first-order chi connectivity index (χ1) is 3.30. The molecule has 1 saturated heterocycles. The average molecular weight is 98.9 g/mol. The zero-order chi connectivity index (χ0) is 5.28. The molecule has 1 fully saturated rings. The molecule has 39 valence electrons. The predicted octanol–water partition coefficient (Wildman–Crippen LogP) is 0.344. The van der Waals surface area contributed by atoms with Gasteiger partial charge in [-0.25, -0.2) is 0 Å². The van der Waals surface area contributed by atoms with Crippen LogP contribution < -0.4 is 0 Å². The monoisotopic (exact) mass is 99.1 g/mol. The molecule has 2 atom stereocenters. The average Bonchev–Trinajstić information content (AvgIpc) is 1.91. The van der Waals surface area contributed by atoms with Gasteiger partial charge in [-0.05, 0) is 13.8 Å². The first kappa shape index (κ1) is 5.13. The van der Waals surface area contributed by atoms with Crippen molar-refractivity contribution < 1.29 is 9.31 Å². The van der Waals surface area contributed by atoms with Gasteiger partial charge in [-0.15, -0.1) is 0 Å². The first-order valence-electron chi connectivity index (χ1n) is 2.43. The molecule has 3 heteroatoms. The topological polar surface area (TPSA) is 18.5 Å². The molecule has 1 aliphatic rings. The summed E-state index contributed by atoms with van der Waals surface area (Å²) in [5.74, 6) is 0. The van der Waals surface area contributed by atoms with E-state index in [1.54, 1.807) is 0 Å². The van der Waals surface area contributed by atoms with Gasteiger partial charge in [-0.1, -0.05) is 0 Å². The Labute approximate surface area is 44.1 Å². The minimum absolute atomic E-state index is 0.236. The maximum atomic E-state index is 4.92. The minimum Gasteiger partial charge on any atom is -0.408 e. The molecular formula is C4H8BO2. The summed E-state index contributed by atoms with van der Waals surface area (Å²) in [7, 11) is 1.40. The van der Waals surface area contributed by atoms with Crippen molar-refractivity contribution in [2.75, 3.05) is 0 Å². The molecule has 0 aromatic carbocycles. The largest absolute Gasteiger partial charge is 0.488 e. The van der Waals surface area contributed by atoms with Crippen molar-refractivity contribution in [2.24, 2.45) is 0 Å². The van der Waals surface area contributed by atoms with Gasteiger partial charge in [-0.2, -0.15) is 0 Å². The molecule has 0 aromatic rings. The van der Waals surface area contributed by atoms with Gasteiger partial charge in [0.05, 0.1) is 12.2 Å². The third kappa shape index (κ3) is 0.953. The molecule has 0 bridgehead atoms. The van der Waals surface area contributed by atoms with E-state index in [4.69, 9.17) is 9.31 Å². The van der Waals surface area contributed by atoms with Crippen LogP contribution in [-0.2, 0) is 9.31 Å². The molecule has 0 saturated carbocycles. The lowest BCUT2D eigenvalue weighted by Crippen LogP contribution is -2.13. The van der Waals surface area contributed by atoms with Crippen molar-refractivity contribution in [3.05, 3.63) is 0 Å². The Bertz CT molecular complexity index is 58.7. The fourth-order valence-corrected chi connectivity index (χ4v) is 0.429. The van der Waals surface area contributed by atoms with Crippen LogP contribution in [0.5, 0.6) is 0 Å². The Morgan fingerprint density at radius 2 is 1.57 bits per heavy atom. The number of rotatable bonds is 0. The number of hydrogen-bond donors (Lipinski definition) is 0. The van der Waals surface area contributed by atoms with Gasteiger partial charge in [0.25, 0.3) is 0 Å². The van der Waals surface area contributed by atoms with Crippen LogP contribution in [0.25, 0.3) is 0 Å². The molecule has 1 heterocycles. The molecule has 0 spiro atoms. The summed E-state index contributed by atoms with van der Waals surface area (Å²) in [5, 5.41) is 0. The highest BCUT2D eigenvalue weighted by Gasteiger charge is 2.21. The van der Waals surface area contributed by atoms with Gasteiger partial charge in [-0.3, -0.25) is 0 Å². The Morgan fingerprint density at radius 1 is 1.14 bits per heavy atom. The highest BCUT2D eigenvalue weighted by molar-refractivity contribution is 6.19. The maximum Gasteiger partial charge on any atom is 0.488 e. The van der Waals surface area contributed by atoms with E-state index in [0.717, 1.165) is 0 Å². The van der Waals surface area contributed by atoms with E-state index in [9.17, 15) is 0 Å². The van der Waals surface area contributed by atoms with Crippen molar-refractivity contribution in [1.82, 2.24) is 0 Å². The Hall–Kier alpha value is -0.0151. The quantitative estimate of drug-likeness (QED) is 0.408. The molecule has 0 amide bonds.